The Hall–Kier alpha value is -3.38. The van der Waals surface area contributed by atoms with Gasteiger partial charge in [0.2, 0.25) is 0 Å². The van der Waals surface area contributed by atoms with Crippen LogP contribution in [0.4, 0.5) is 11.4 Å². The third-order valence-corrected chi connectivity index (χ3v) is 3.95. The second kappa shape index (κ2) is 8.33. The molecule has 6 nitrogen and oxygen atoms in total. The molecule has 0 aliphatic rings. The molecule has 0 saturated heterocycles. The minimum atomic E-state index is -0.701. The first-order valence-corrected chi connectivity index (χ1v) is 8.43. The lowest BCUT2D eigenvalue weighted by atomic mass is 10.1. The van der Waals surface area contributed by atoms with Gasteiger partial charge >= 0.3 is 0 Å². The first-order chi connectivity index (χ1) is 13.1. The van der Waals surface area contributed by atoms with E-state index in [2.05, 4.69) is 10.6 Å². The summed E-state index contributed by atoms with van der Waals surface area (Å²) in [5.41, 5.74) is 1.97. The van der Waals surface area contributed by atoms with Crippen LogP contribution in [0.5, 0.6) is 0 Å². The van der Waals surface area contributed by atoms with Crippen LogP contribution in [0.3, 0.4) is 0 Å². The van der Waals surface area contributed by atoms with Crippen molar-refractivity contribution < 1.29 is 18.7 Å². The highest BCUT2D eigenvalue weighted by molar-refractivity contribution is 6.02. The molecule has 2 N–H and O–H groups in total. The summed E-state index contributed by atoms with van der Waals surface area (Å²) in [6, 6.07) is 19.4. The van der Waals surface area contributed by atoms with E-state index in [1.165, 1.54) is 7.11 Å². The normalized spacial score (nSPS) is 11.6. The third kappa shape index (κ3) is 4.62. The highest BCUT2D eigenvalue weighted by atomic mass is 16.5. The Morgan fingerprint density at radius 3 is 2.07 bits per heavy atom. The van der Waals surface area contributed by atoms with Crippen molar-refractivity contribution in [1.82, 2.24) is 0 Å². The molecule has 0 saturated carbocycles. The number of rotatable bonds is 6. The van der Waals surface area contributed by atoms with E-state index in [-0.39, 0.29) is 17.6 Å². The van der Waals surface area contributed by atoms with Crippen LogP contribution in [0.2, 0.25) is 0 Å². The predicted octanol–water partition coefficient (Wildman–Crippen LogP) is 4.17. The van der Waals surface area contributed by atoms with Crippen LogP contribution in [-0.4, -0.2) is 18.9 Å². The highest BCUT2D eigenvalue weighted by Crippen LogP contribution is 2.20. The van der Waals surface area contributed by atoms with E-state index in [9.17, 15) is 9.59 Å². The maximum atomic E-state index is 12.5. The molecule has 3 aromatic rings. The van der Waals surface area contributed by atoms with Gasteiger partial charge in [-0.3, -0.25) is 9.59 Å². The molecule has 0 fully saturated rings. The minimum Gasteiger partial charge on any atom is -0.456 e. The summed E-state index contributed by atoms with van der Waals surface area (Å²) in [7, 11) is 1.49. The van der Waals surface area contributed by atoms with Gasteiger partial charge < -0.3 is 19.8 Å². The van der Waals surface area contributed by atoms with E-state index >= 15 is 0 Å². The van der Waals surface area contributed by atoms with Gasteiger partial charge in [-0.05, 0) is 48.9 Å². The van der Waals surface area contributed by atoms with Crippen LogP contribution in [-0.2, 0) is 9.53 Å². The maximum absolute atomic E-state index is 12.5. The Bertz CT molecular complexity index is 917. The van der Waals surface area contributed by atoms with Crippen molar-refractivity contribution in [3.8, 4) is 0 Å². The van der Waals surface area contributed by atoms with E-state index in [1.807, 2.05) is 30.3 Å². The molecule has 1 heterocycles. The minimum absolute atomic E-state index is 0.246. The van der Waals surface area contributed by atoms with E-state index in [0.29, 0.717) is 17.1 Å². The van der Waals surface area contributed by atoms with Gasteiger partial charge in [-0.15, -0.1) is 0 Å². The van der Waals surface area contributed by atoms with Crippen LogP contribution < -0.4 is 10.6 Å². The Kier molecular flexibility index (Phi) is 5.68. The number of carbonyl (C=O) groups excluding carboxylic acids is 2. The first kappa shape index (κ1) is 18.4. The number of amides is 2. The largest absolute Gasteiger partial charge is 0.456 e. The van der Waals surface area contributed by atoms with Gasteiger partial charge in [0, 0.05) is 18.5 Å². The molecule has 2 amide bonds. The second-order valence-electron chi connectivity index (χ2n) is 5.96. The number of methoxy groups -OCH3 is 1. The van der Waals surface area contributed by atoms with E-state index < -0.39 is 6.10 Å². The number of nitrogens with one attached hydrogen (secondary N) is 2. The smallest absolute Gasteiger partial charge is 0.291 e. The molecule has 1 aromatic heterocycles. The van der Waals surface area contributed by atoms with Crippen molar-refractivity contribution in [3.05, 3.63) is 83.8 Å². The summed E-state index contributed by atoms with van der Waals surface area (Å²) in [5, 5.41) is 5.55. The number of hydrogen-bond acceptors (Lipinski definition) is 4. The van der Waals surface area contributed by atoms with Crippen molar-refractivity contribution in [1.29, 1.82) is 0 Å². The van der Waals surface area contributed by atoms with Gasteiger partial charge in [0.1, 0.15) is 5.76 Å². The molecular formula is C21H20N2O4. The number of aryl methyl sites for hydroxylation is 1. The quantitative estimate of drug-likeness (QED) is 0.688. The predicted molar refractivity (Wildman–Crippen MR) is 103 cm³/mol. The SMILES string of the molecule is CO[C@H](C(=O)Nc1ccc(NC(=O)c2ccc(C)o2)cc1)c1ccccc1. The molecular weight excluding hydrogens is 344 g/mol. The molecule has 0 bridgehead atoms. The molecule has 2 aromatic carbocycles. The monoisotopic (exact) mass is 364 g/mol. The molecule has 3 rings (SSSR count). The average molecular weight is 364 g/mol. The van der Waals surface area contributed by atoms with Gasteiger partial charge in [0.15, 0.2) is 11.9 Å². The summed E-state index contributed by atoms with van der Waals surface area (Å²) < 4.78 is 10.6. The summed E-state index contributed by atoms with van der Waals surface area (Å²) in [4.78, 5) is 24.6. The Morgan fingerprint density at radius 2 is 1.52 bits per heavy atom. The van der Waals surface area contributed by atoms with Crippen LogP contribution in [0.1, 0.15) is 28.0 Å². The van der Waals surface area contributed by atoms with Crippen molar-refractivity contribution >= 4 is 23.2 Å². The standard InChI is InChI=1S/C21H20N2O4/c1-14-8-13-18(27-14)20(24)22-16-9-11-17(12-10-16)23-21(25)19(26-2)15-6-4-3-5-7-15/h3-13,19H,1-2H3,(H,22,24)(H,23,25)/t19-/m0/s1. The number of anilines is 2. The number of carbonyl (C=O) groups is 2. The zero-order chi connectivity index (χ0) is 19.2. The zero-order valence-electron chi connectivity index (χ0n) is 15.1. The maximum Gasteiger partial charge on any atom is 0.291 e. The molecule has 0 spiro atoms. The van der Waals surface area contributed by atoms with Crippen LogP contribution in [0.25, 0.3) is 0 Å². The molecule has 138 valence electrons. The lowest BCUT2D eigenvalue weighted by Gasteiger charge is -2.16. The van der Waals surface area contributed by atoms with Gasteiger partial charge in [0.05, 0.1) is 0 Å². The number of hydrogen-bond donors (Lipinski definition) is 2. The number of benzene rings is 2. The molecule has 0 unspecified atom stereocenters. The van der Waals surface area contributed by atoms with E-state index in [4.69, 9.17) is 9.15 Å². The summed E-state index contributed by atoms with van der Waals surface area (Å²) in [5.74, 6) is 0.315. The molecule has 6 heteroatoms. The summed E-state index contributed by atoms with van der Waals surface area (Å²) in [6.45, 7) is 1.77. The Labute approximate surface area is 157 Å². The molecule has 0 aliphatic carbocycles. The van der Waals surface area contributed by atoms with Crippen LogP contribution in [0.15, 0.2) is 71.1 Å². The van der Waals surface area contributed by atoms with Gasteiger partial charge in [-0.2, -0.15) is 0 Å². The van der Waals surface area contributed by atoms with Crippen molar-refractivity contribution in [2.75, 3.05) is 17.7 Å². The highest BCUT2D eigenvalue weighted by Gasteiger charge is 2.19. The zero-order valence-corrected chi connectivity index (χ0v) is 15.1. The fraction of sp³-hybridized carbons (Fsp3) is 0.143. The Morgan fingerprint density at radius 1 is 0.889 bits per heavy atom. The topological polar surface area (TPSA) is 80.6 Å². The van der Waals surface area contributed by atoms with Crippen molar-refractivity contribution in [2.24, 2.45) is 0 Å². The van der Waals surface area contributed by atoms with Gasteiger partial charge in [-0.25, -0.2) is 0 Å². The molecule has 27 heavy (non-hydrogen) atoms. The summed E-state index contributed by atoms with van der Waals surface area (Å²) >= 11 is 0. The van der Waals surface area contributed by atoms with Crippen molar-refractivity contribution in [3.63, 3.8) is 0 Å². The van der Waals surface area contributed by atoms with Gasteiger partial charge in [0.25, 0.3) is 11.8 Å². The first-order valence-electron chi connectivity index (χ1n) is 8.43. The summed E-state index contributed by atoms with van der Waals surface area (Å²) in [6.07, 6.45) is -0.701. The number of furan rings is 1. The van der Waals surface area contributed by atoms with Crippen LogP contribution >= 0.6 is 0 Å². The fourth-order valence-electron chi connectivity index (χ4n) is 2.62. The molecule has 0 aliphatic heterocycles. The number of ether oxygens (including phenoxy) is 1. The van der Waals surface area contributed by atoms with Gasteiger partial charge in [-0.1, -0.05) is 30.3 Å². The van der Waals surface area contributed by atoms with E-state index in [0.717, 1.165) is 5.56 Å². The third-order valence-electron chi connectivity index (χ3n) is 3.95. The van der Waals surface area contributed by atoms with Crippen LogP contribution in [0, 0.1) is 6.92 Å². The molecule has 0 radical (unpaired) electrons. The lowest BCUT2D eigenvalue weighted by Crippen LogP contribution is -2.22. The Balaban J connectivity index is 1.63. The average Bonchev–Trinajstić information content (AvgIpc) is 3.11. The fourth-order valence-corrected chi connectivity index (χ4v) is 2.62. The second-order valence-corrected chi connectivity index (χ2v) is 5.96. The van der Waals surface area contributed by atoms with Crippen molar-refractivity contribution in [2.45, 2.75) is 13.0 Å². The molecule has 1 atom stereocenters. The van der Waals surface area contributed by atoms with E-state index in [1.54, 1.807) is 43.3 Å². The lowest BCUT2D eigenvalue weighted by molar-refractivity contribution is -0.126.